The molecule has 0 saturated heterocycles. The molecule has 82 valence electrons. The molecule has 16 heavy (non-hydrogen) atoms. The Morgan fingerprint density at radius 1 is 1.38 bits per heavy atom. The van der Waals surface area contributed by atoms with E-state index in [0.717, 1.165) is 14.9 Å². The molecule has 0 unspecified atom stereocenters. The number of carboxylic acids is 1. The van der Waals surface area contributed by atoms with Crippen LogP contribution in [0.3, 0.4) is 0 Å². The van der Waals surface area contributed by atoms with Crippen molar-refractivity contribution in [3.05, 3.63) is 39.7 Å². The number of nitrogen functional groups attached to an aromatic ring is 1. The molecule has 0 amide bonds. The van der Waals surface area contributed by atoms with Crippen molar-refractivity contribution in [3.63, 3.8) is 0 Å². The largest absolute Gasteiger partial charge is 0.477 e. The lowest BCUT2D eigenvalue weighted by Crippen LogP contribution is -1.96. The van der Waals surface area contributed by atoms with E-state index in [-0.39, 0.29) is 4.88 Å². The summed E-state index contributed by atoms with van der Waals surface area (Å²) < 4.78 is 0.953. The molecule has 2 aromatic rings. The Hall–Kier alpha value is -1.33. The summed E-state index contributed by atoms with van der Waals surface area (Å²) in [4.78, 5) is 11.9. The number of nitrogens with two attached hydrogens (primary N) is 1. The minimum absolute atomic E-state index is 0.190. The zero-order chi connectivity index (χ0) is 11.7. The van der Waals surface area contributed by atoms with Crippen LogP contribution in [0.2, 0.25) is 0 Å². The summed E-state index contributed by atoms with van der Waals surface area (Å²) in [6.45, 7) is 0. The monoisotopic (exact) mass is 297 g/mol. The molecule has 3 nitrogen and oxygen atoms in total. The van der Waals surface area contributed by atoms with Gasteiger partial charge in [0.15, 0.2) is 0 Å². The first-order valence-corrected chi connectivity index (χ1v) is 6.07. The maximum Gasteiger partial charge on any atom is 0.348 e. The highest BCUT2D eigenvalue weighted by molar-refractivity contribution is 9.10. The van der Waals surface area contributed by atoms with Crippen molar-refractivity contribution in [2.75, 3.05) is 5.73 Å². The van der Waals surface area contributed by atoms with Crippen molar-refractivity contribution >= 4 is 38.9 Å². The first-order chi connectivity index (χ1) is 7.58. The second-order valence-corrected chi connectivity index (χ2v) is 5.18. The molecule has 0 saturated carbocycles. The average Bonchev–Trinajstić information content (AvgIpc) is 2.60. The Balaban J connectivity index is 2.49. The van der Waals surface area contributed by atoms with E-state index in [0.29, 0.717) is 5.69 Å². The van der Waals surface area contributed by atoms with Gasteiger partial charge in [0.1, 0.15) is 4.88 Å². The minimum atomic E-state index is -0.983. The van der Waals surface area contributed by atoms with E-state index in [9.17, 15) is 4.79 Å². The van der Waals surface area contributed by atoms with Crippen LogP contribution in [-0.4, -0.2) is 11.1 Å². The standard InChI is InChI=1S/C11H8BrNO2S/c12-7-3-1-2-6(4-7)9-5-8(13)10(16-9)11(14)15/h1-5H,13H2,(H,14,15). The minimum Gasteiger partial charge on any atom is -0.477 e. The number of hydrogen-bond donors (Lipinski definition) is 2. The third-order valence-electron chi connectivity index (χ3n) is 2.06. The highest BCUT2D eigenvalue weighted by atomic mass is 79.9. The van der Waals surface area contributed by atoms with Gasteiger partial charge in [-0.2, -0.15) is 0 Å². The molecule has 2 rings (SSSR count). The van der Waals surface area contributed by atoms with Crippen LogP contribution in [0, 0.1) is 0 Å². The number of rotatable bonds is 2. The number of anilines is 1. The van der Waals surface area contributed by atoms with Gasteiger partial charge in [-0.3, -0.25) is 0 Å². The number of aromatic carboxylic acids is 1. The highest BCUT2D eigenvalue weighted by Crippen LogP contribution is 2.34. The van der Waals surface area contributed by atoms with Crippen LogP contribution >= 0.6 is 27.3 Å². The van der Waals surface area contributed by atoms with Crippen LogP contribution in [0.1, 0.15) is 9.67 Å². The molecular weight excluding hydrogens is 290 g/mol. The van der Waals surface area contributed by atoms with Gasteiger partial charge in [0.25, 0.3) is 0 Å². The molecule has 1 aromatic heterocycles. The summed E-state index contributed by atoms with van der Waals surface area (Å²) in [5.74, 6) is -0.983. The van der Waals surface area contributed by atoms with Gasteiger partial charge in [-0.05, 0) is 23.8 Å². The van der Waals surface area contributed by atoms with Gasteiger partial charge < -0.3 is 10.8 Å². The van der Waals surface area contributed by atoms with Gasteiger partial charge in [0, 0.05) is 9.35 Å². The predicted octanol–water partition coefficient (Wildman–Crippen LogP) is 3.46. The van der Waals surface area contributed by atoms with E-state index >= 15 is 0 Å². The van der Waals surface area contributed by atoms with Crippen molar-refractivity contribution in [2.24, 2.45) is 0 Å². The van der Waals surface area contributed by atoms with Gasteiger partial charge in [-0.1, -0.05) is 28.1 Å². The number of carbonyl (C=O) groups is 1. The molecule has 0 aliphatic heterocycles. The smallest absolute Gasteiger partial charge is 0.348 e. The second kappa shape index (κ2) is 4.27. The first kappa shape index (κ1) is 11.2. The van der Waals surface area contributed by atoms with E-state index < -0.39 is 5.97 Å². The molecule has 1 heterocycles. The molecule has 0 atom stereocenters. The van der Waals surface area contributed by atoms with Gasteiger partial charge in [0.05, 0.1) is 5.69 Å². The Morgan fingerprint density at radius 2 is 2.12 bits per heavy atom. The molecule has 0 aliphatic carbocycles. The molecule has 5 heteroatoms. The van der Waals surface area contributed by atoms with Crippen LogP contribution in [0.4, 0.5) is 5.69 Å². The lowest BCUT2D eigenvalue weighted by molar-refractivity contribution is 0.0703. The summed E-state index contributed by atoms with van der Waals surface area (Å²) in [5, 5.41) is 8.90. The third kappa shape index (κ3) is 2.10. The fourth-order valence-corrected chi connectivity index (χ4v) is 2.67. The number of halogens is 1. The van der Waals surface area contributed by atoms with Gasteiger partial charge in [0.2, 0.25) is 0 Å². The zero-order valence-electron chi connectivity index (χ0n) is 8.11. The zero-order valence-corrected chi connectivity index (χ0v) is 10.5. The molecule has 1 aromatic carbocycles. The quantitative estimate of drug-likeness (QED) is 0.892. The lowest BCUT2D eigenvalue weighted by atomic mass is 10.2. The number of thiophene rings is 1. The summed E-state index contributed by atoms with van der Waals surface area (Å²) in [6, 6.07) is 9.35. The van der Waals surface area contributed by atoms with Crippen LogP contribution in [0.15, 0.2) is 34.8 Å². The van der Waals surface area contributed by atoms with Crippen molar-refractivity contribution in [2.45, 2.75) is 0 Å². The van der Waals surface area contributed by atoms with E-state index in [4.69, 9.17) is 10.8 Å². The molecule has 3 N–H and O–H groups in total. The first-order valence-electron chi connectivity index (χ1n) is 4.46. The number of benzene rings is 1. The molecular formula is C11H8BrNO2S. The fourth-order valence-electron chi connectivity index (χ4n) is 1.36. The molecule has 0 radical (unpaired) electrons. The van der Waals surface area contributed by atoms with Crippen LogP contribution in [-0.2, 0) is 0 Å². The van der Waals surface area contributed by atoms with Crippen molar-refractivity contribution < 1.29 is 9.90 Å². The Bertz CT molecular complexity index is 551. The van der Waals surface area contributed by atoms with Crippen molar-refractivity contribution in [1.82, 2.24) is 0 Å². The number of carboxylic acid groups (broad SMARTS) is 1. The molecule has 0 bridgehead atoms. The normalized spacial score (nSPS) is 10.3. The maximum absolute atomic E-state index is 10.9. The summed E-state index contributed by atoms with van der Waals surface area (Å²) >= 11 is 4.55. The topological polar surface area (TPSA) is 63.3 Å². The van der Waals surface area contributed by atoms with Crippen molar-refractivity contribution in [1.29, 1.82) is 0 Å². The average molecular weight is 298 g/mol. The predicted molar refractivity (Wildman–Crippen MR) is 68.8 cm³/mol. The fraction of sp³-hybridized carbons (Fsp3) is 0. The lowest BCUT2D eigenvalue weighted by Gasteiger charge is -1.96. The number of hydrogen-bond acceptors (Lipinski definition) is 3. The van der Waals surface area contributed by atoms with Gasteiger partial charge in [-0.15, -0.1) is 11.3 Å². The van der Waals surface area contributed by atoms with Crippen LogP contribution in [0.5, 0.6) is 0 Å². The molecule has 0 aliphatic rings. The van der Waals surface area contributed by atoms with E-state index in [1.807, 2.05) is 24.3 Å². The summed E-state index contributed by atoms with van der Waals surface area (Å²) in [6.07, 6.45) is 0. The van der Waals surface area contributed by atoms with Gasteiger partial charge >= 0.3 is 5.97 Å². The van der Waals surface area contributed by atoms with Gasteiger partial charge in [-0.25, -0.2) is 4.79 Å². The second-order valence-electron chi connectivity index (χ2n) is 3.21. The van der Waals surface area contributed by atoms with Crippen LogP contribution in [0.25, 0.3) is 10.4 Å². The van der Waals surface area contributed by atoms with Crippen LogP contribution < -0.4 is 5.73 Å². The summed E-state index contributed by atoms with van der Waals surface area (Å²) in [5.41, 5.74) is 6.91. The third-order valence-corrected chi connectivity index (χ3v) is 3.75. The summed E-state index contributed by atoms with van der Waals surface area (Å²) in [7, 11) is 0. The Labute approximate surface area is 105 Å². The van der Waals surface area contributed by atoms with E-state index in [2.05, 4.69) is 15.9 Å². The Kier molecular flexibility index (Phi) is 2.98. The van der Waals surface area contributed by atoms with E-state index in [1.165, 1.54) is 11.3 Å². The highest BCUT2D eigenvalue weighted by Gasteiger charge is 2.13. The van der Waals surface area contributed by atoms with E-state index in [1.54, 1.807) is 6.07 Å². The molecule has 0 spiro atoms. The maximum atomic E-state index is 10.9. The SMILES string of the molecule is Nc1cc(-c2cccc(Br)c2)sc1C(=O)O. The van der Waals surface area contributed by atoms with Crippen molar-refractivity contribution in [3.8, 4) is 10.4 Å². The Morgan fingerprint density at radius 3 is 2.69 bits per heavy atom. The molecule has 0 fully saturated rings.